The van der Waals surface area contributed by atoms with Crippen LogP contribution in [-0.2, 0) is 0 Å². The third-order valence-electron chi connectivity index (χ3n) is 2.95. The van der Waals surface area contributed by atoms with E-state index in [9.17, 15) is 4.79 Å². The summed E-state index contributed by atoms with van der Waals surface area (Å²) in [6.07, 6.45) is 4.30. The number of hydrogen-bond donors (Lipinski definition) is 2. The Bertz CT molecular complexity index is 643. The van der Waals surface area contributed by atoms with Gasteiger partial charge in [0.15, 0.2) is 0 Å². The number of rotatable bonds is 5. The number of amides is 1. The molecular formula is C16H18BrN3O. The number of carbonyl (C=O) groups excluding carboxylic acids is 1. The maximum Gasteiger partial charge on any atom is 0.257 e. The van der Waals surface area contributed by atoms with Crippen molar-refractivity contribution < 1.29 is 4.79 Å². The standard InChI is InChI=1S/C16H18BrN3O/c1-3-6-19-13-8-12(9-18-10-13)16(21)20-15-5-4-11(2)7-14(15)17/h4-5,7-10,19H,3,6H2,1-2H3,(H,20,21). The van der Waals surface area contributed by atoms with Gasteiger partial charge in [-0.1, -0.05) is 13.0 Å². The lowest BCUT2D eigenvalue weighted by Gasteiger charge is -2.09. The van der Waals surface area contributed by atoms with Crippen molar-refractivity contribution in [2.45, 2.75) is 20.3 Å². The summed E-state index contributed by atoms with van der Waals surface area (Å²) in [4.78, 5) is 16.4. The molecule has 1 heterocycles. The molecule has 0 aliphatic rings. The Labute approximate surface area is 133 Å². The van der Waals surface area contributed by atoms with E-state index >= 15 is 0 Å². The van der Waals surface area contributed by atoms with Gasteiger partial charge >= 0.3 is 0 Å². The monoisotopic (exact) mass is 347 g/mol. The van der Waals surface area contributed by atoms with Gasteiger partial charge in [-0.2, -0.15) is 0 Å². The molecule has 0 radical (unpaired) electrons. The molecule has 0 aliphatic carbocycles. The smallest absolute Gasteiger partial charge is 0.257 e. The molecule has 0 aliphatic heterocycles. The average Bonchev–Trinajstić information content (AvgIpc) is 2.48. The normalized spacial score (nSPS) is 10.2. The molecule has 1 aromatic heterocycles. The van der Waals surface area contributed by atoms with Crippen LogP contribution in [-0.4, -0.2) is 17.4 Å². The van der Waals surface area contributed by atoms with Crippen LogP contribution in [0.2, 0.25) is 0 Å². The fourth-order valence-electron chi connectivity index (χ4n) is 1.85. The van der Waals surface area contributed by atoms with E-state index < -0.39 is 0 Å². The Balaban J connectivity index is 2.12. The second-order valence-electron chi connectivity index (χ2n) is 4.83. The third-order valence-corrected chi connectivity index (χ3v) is 3.61. The second kappa shape index (κ2) is 7.22. The van der Waals surface area contributed by atoms with Gasteiger partial charge in [0.1, 0.15) is 0 Å². The summed E-state index contributed by atoms with van der Waals surface area (Å²) in [5, 5.41) is 6.10. The zero-order valence-corrected chi connectivity index (χ0v) is 13.7. The number of aryl methyl sites for hydroxylation is 1. The van der Waals surface area contributed by atoms with Crippen LogP contribution in [0.3, 0.4) is 0 Å². The number of carbonyl (C=O) groups is 1. The summed E-state index contributed by atoms with van der Waals surface area (Å²) in [5.41, 5.74) is 3.26. The molecule has 4 nitrogen and oxygen atoms in total. The van der Waals surface area contributed by atoms with E-state index in [1.807, 2.05) is 25.1 Å². The molecule has 0 spiro atoms. The molecule has 1 amide bonds. The van der Waals surface area contributed by atoms with Crippen LogP contribution in [0.25, 0.3) is 0 Å². The third kappa shape index (κ3) is 4.29. The topological polar surface area (TPSA) is 54.0 Å². The summed E-state index contributed by atoms with van der Waals surface area (Å²) < 4.78 is 0.865. The van der Waals surface area contributed by atoms with Crippen LogP contribution in [0.15, 0.2) is 41.1 Å². The molecule has 0 unspecified atom stereocenters. The van der Waals surface area contributed by atoms with Crippen LogP contribution in [0.1, 0.15) is 29.3 Å². The molecule has 1 aromatic carbocycles. The molecule has 0 bridgehead atoms. The summed E-state index contributed by atoms with van der Waals surface area (Å²) in [7, 11) is 0. The first-order valence-corrected chi connectivity index (χ1v) is 7.66. The summed E-state index contributed by atoms with van der Waals surface area (Å²) in [5.74, 6) is -0.174. The predicted molar refractivity (Wildman–Crippen MR) is 89.8 cm³/mol. The average molecular weight is 348 g/mol. The van der Waals surface area contributed by atoms with E-state index in [4.69, 9.17) is 0 Å². The number of halogens is 1. The van der Waals surface area contributed by atoms with E-state index in [0.29, 0.717) is 5.56 Å². The molecular weight excluding hydrogens is 330 g/mol. The van der Waals surface area contributed by atoms with Crippen LogP contribution in [0.5, 0.6) is 0 Å². The van der Waals surface area contributed by atoms with Gasteiger partial charge < -0.3 is 10.6 Å². The number of hydrogen-bond acceptors (Lipinski definition) is 3. The Hall–Kier alpha value is -1.88. The molecule has 2 aromatic rings. The molecule has 0 atom stereocenters. The molecule has 2 rings (SSSR count). The highest BCUT2D eigenvalue weighted by molar-refractivity contribution is 9.10. The van der Waals surface area contributed by atoms with Crippen molar-refractivity contribution in [3.05, 3.63) is 52.3 Å². The maximum atomic E-state index is 12.3. The Morgan fingerprint density at radius 3 is 2.81 bits per heavy atom. The van der Waals surface area contributed by atoms with Crippen molar-refractivity contribution in [1.29, 1.82) is 0 Å². The molecule has 0 saturated heterocycles. The lowest BCUT2D eigenvalue weighted by molar-refractivity contribution is 0.102. The van der Waals surface area contributed by atoms with Crippen LogP contribution in [0.4, 0.5) is 11.4 Å². The van der Waals surface area contributed by atoms with Gasteiger partial charge in [0, 0.05) is 23.4 Å². The van der Waals surface area contributed by atoms with E-state index in [1.165, 1.54) is 0 Å². The highest BCUT2D eigenvalue weighted by Gasteiger charge is 2.09. The summed E-state index contributed by atoms with van der Waals surface area (Å²) >= 11 is 3.45. The molecule has 0 fully saturated rings. The lowest BCUT2D eigenvalue weighted by Crippen LogP contribution is -2.13. The van der Waals surface area contributed by atoms with Crippen molar-refractivity contribution in [3.63, 3.8) is 0 Å². The minimum absolute atomic E-state index is 0.174. The van der Waals surface area contributed by atoms with Gasteiger partial charge in [-0.15, -0.1) is 0 Å². The quantitative estimate of drug-likeness (QED) is 0.850. The second-order valence-corrected chi connectivity index (χ2v) is 5.68. The fraction of sp³-hybridized carbons (Fsp3) is 0.250. The van der Waals surface area contributed by atoms with E-state index in [1.54, 1.807) is 18.5 Å². The van der Waals surface area contributed by atoms with E-state index in [2.05, 4.69) is 38.5 Å². The summed E-state index contributed by atoms with van der Waals surface area (Å²) in [6.45, 7) is 4.95. The van der Waals surface area contributed by atoms with Gasteiger partial charge in [0.05, 0.1) is 16.9 Å². The first-order chi connectivity index (χ1) is 10.1. The van der Waals surface area contributed by atoms with Gasteiger partial charge in [-0.25, -0.2) is 0 Å². The number of anilines is 2. The minimum atomic E-state index is -0.174. The SMILES string of the molecule is CCCNc1cncc(C(=O)Nc2ccc(C)cc2Br)c1. The number of nitrogens with zero attached hydrogens (tertiary/aromatic N) is 1. The van der Waals surface area contributed by atoms with Gasteiger partial charge in [0.25, 0.3) is 5.91 Å². The number of nitrogens with one attached hydrogen (secondary N) is 2. The number of pyridine rings is 1. The highest BCUT2D eigenvalue weighted by Crippen LogP contribution is 2.24. The number of aromatic nitrogens is 1. The predicted octanol–water partition coefficient (Wildman–Crippen LogP) is 4.23. The molecule has 110 valence electrons. The molecule has 0 saturated carbocycles. The largest absolute Gasteiger partial charge is 0.384 e. The Morgan fingerprint density at radius 2 is 2.10 bits per heavy atom. The molecule has 5 heteroatoms. The van der Waals surface area contributed by atoms with Crippen LogP contribution >= 0.6 is 15.9 Å². The fourth-order valence-corrected chi connectivity index (χ4v) is 2.44. The van der Waals surface area contributed by atoms with E-state index in [0.717, 1.165) is 34.4 Å². The van der Waals surface area contributed by atoms with Gasteiger partial charge in [0.2, 0.25) is 0 Å². The van der Waals surface area contributed by atoms with Gasteiger partial charge in [-0.3, -0.25) is 9.78 Å². The lowest BCUT2D eigenvalue weighted by atomic mass is 10.2. The van der Waals surface area contributed by atoms with Crippen molar-refractivity contribution in [3.8, 4) is 0 Å². The van der Waals surface area contributed by atoms with Crippen molar-refractivity contribution in [1.82, 2.24) is 4.98 Å². The van der Waals surface area contributed by atoms with Crippen LogP contribution < -0.4 is 10.6 Å². The molecule has 2 N–H and O–H groups in total. The highest BCUT2D eigenvalue weighted by atomic mass is 79.9. The maximum absolute atomic E-state index is 12.3. The summed E-state index contributed by atoms with van der Waals surface area (Å²) in [6, 6.07) is 7.61. The number of benzene rings is 1. The first-order valence-electron chi connectivity index (χ1n) is 6.86. The van der Waals surface area contributed by atoms with Gasteiger partial charge in [-0.05, 0) is 53.0 Å². The first kappa shape index (κ1) is 15.5. The Kier molecular flexibility index (Phi) is 5.33. The minimum Gasteiger partial charge on any atom is -0.384 e. The Morgan fingerprint density at radius 1 is 1.29 bits per heavy atom. The van der Waals surface area contributed by atoms with Crippen LogP contribution in [0, 0.1) is 6.92 Å². The van der Waals surface area contributed by atoms with E-state index in [-0.39, 0.29) is 5.91 Å². The van der Waals surface area contributed by atoms with Crippen molar-refractivity contribution in [2.24, 2.45) is 0 Å². The van der Waals surface area contributed by atoms with Crippen molar-refractivity contribution >= 4 is 33.2 Å². The van der Waals surface area contributed by atoms with Crippen molar-refractivity contribution in [2.75, 3.05) is 17.2 Å². The molecule has 21 heavy (non-hydrogen) atoms. The zero-order valence-electron chi connectivity index (χ0n) is 12.1. The zero-order chi connectivity index (χ0) is 15.2.